The lowest BCUT2D eigenvalue weighted by atomic mass is 10.2. The molecule has 0 saturated heterocycles. The lowest BCUT2D eigenvalue weighted by Gasteiger charge is -2.18. The molecule has 0 aromatic heterocycles. The number of amides is 2. The minimum Gasteiger partial charge on any atom is -0.480 e. The van der Waals surface area contributed by atoms with Crippen LogP contribution in [0, 0.1) is 0 Å². The number of carbonyl (C=O) groups excluding carboxylic acids is 2. The van der Waals surface area contributed by atoms with Gasteiger partial charge in [0.05, 0.1) is 0 Å². The average Bonchev–Trinajstić information content (AvgIpc) is 2.49. The Balaban J connectivity index is 4.57. The van der Waals surface area contributed by atoms with Crippen molar-refractivity contribution < 1.29 is 24.2 Å². The third-order valence-electron chi connectivity index (χ3n) is 2.34. The van der Waals surface area contributed by atoms with E-state index in [1.807, 2.05) is 0 Å². The van der Waals surface area contributed by atoms with Crippen LogP contribution in [0.4, 0.5) is 4.79 Å². The van der Waals surface area contributed by atoms with Gasteiger partial charge in [-0.15, -0.1) is 0 Å². The molecular weight excluding hydrogens is 296 g/mol. The third kappa shape index (κ3) is 8.40. The van der Waals surface area contributed by atoms with Crippen molar-refractivity contribution in [1.29, 1.82) is 0 Å². The number of alkyl carbamates (subject to hydrolysis) is 1. The summed E-state index contributed by atoms with van der Waals surface area (Å²) in [5, 5.41) is 16.4. The first-order valence-electron chi connectivity index (χ1n) is 6.23. The topological polar surface area (TPSA) is 180 Å². The Morgan fingerprint density at radius 1 is 1.50 bits per heavy atom. The molecule has 11 heteroatoms. The molecule has 0 aromatic rings. The monoisotopic (exact) mass is 314 g/mol. The van der Waals surface area contributed by atoms with E-state index in [9.17, 15) is 14.4 Å². The number of carbonyl (C=O) groups is 3. The van der Waals surface area contributed by atoms with Gasteiger partial charge in [0.25, 0.3) is 0 Å². The molecule has 0 aliphatic rings. The zero-order valence-electron chi connectivity index (χ0n) is 11.8. The fraction of sp³-hybridized carbons (Fsp3) is 0.545. The van der Waals surface area contributed by atoms with E-state index < -0.39 is 30.1 Å². The highest BCUT2D eigenvalue weighted by Gasteiger charge is 2.22. The highest BCUT2D eigenvalue weighted by molar-refractivity contribution is 5.86. The second-order valence-electron chi connectivity index (χ2n) is 4.02. The van der Waals surface area contributed by atoms with Gasteiger partial charge in [-0.25, -0.2) is 4.79 Å². The summed E-state index contributed by atoms with van der Waals surface area (Å²) in [5.41, 5.74) is 13.5. The molecule has 2 amide bonds. The summed E-state index contributed by atoms with van der Waals surface area (Å²) in [6, 6.07) is -2.32. The van der Waals surface area contributed by atoms with Gasteiger partial charge in [0.1, 0.15) is 18.7 Å². The maximum atomic E-state index is 11.9. The fourth-order valence-corrected chi connectivity index (χ4v) is 1.24. The first-order valence-corrected chi connectivity index (χ1v) is 6.23. The van der Waals surface area contributed by atoms with E-state index in [1.165, 1.54) is 6.08 Å². The van der Waals surface area contributed by atoms with Crippen LogP contribution >= 0.6 is 0 Å². The number of carboxylic acid groups (broad SMARTS) is 1. The van der Waals surface area contributed by atoms with Crippen molar-refractivity contribution in [3.05, 3.63) is 23.1 Å². The fourth-order valence-electron chi connectivity index (χ4n) is 1.24. The zero-order valence-corrected chi connectivity index (χ0v) is 11.8. The van der Waals surface area contributed by atoms with Crippen LogP contribution < -0.4 is 16.4 Å². The molecule has 122 valence electrons. The van der Waals surface area contributed by atoms with Crippen molar-refractivity contribution in [2.24, 2.45) is 10.8 Å². The van der Waals surface area contributed by atoms with Crippen LogP contribution in [0.15, 0.2) is 17.8 Å². The predicted molar refractivity (Wildman–Crippen MR) is 75.7 cm³/mol. The Kier molecular flexibility index (Phi) is 9.56. The summed E-state index contributed by atoms with van der Waals surface area (Å²) in [6.07, 6.45) is 0.505. The number of hydrogen-bond acceptors (Lipinski definition) is 6. The number of nitrogens with two attached hydrogens (primary N) is 1. The Labute approximate surface area is 126 Å². The number of nitrogens with zero attached hydrogens (tertiary/aromatic N) is 3. The van der Waals surface area contributed by atoms with Crippen LogP contribution in [0.2, 0.25) is 0 Å². The SMILES string of the molecule is C=CCOC(=O)NC(CCN=[N+]=[N-])C(=O)NC[C@H](N)C(=O)O. The average molecular weight is 314 g/mol. The number of nitrogens with one attached hydrogen (secondary N) is 2. The molecule has 0 radical (unpaired) electrons. The minimum atomic E-state index is -1.27. The van der Waals surface area contributed by atoms with Gasteiger partial charge in [-0.1, -0.05) is 17.8 Å². The van der Waals surface area contributed by atoms with Gasteiger partial charge in [0.15, 0.2) is 0 Å². The number of carboxylic acids is 1. The standard InChI is InChI=1S/C11H18N6O5/c1-2-5-22-11(21)16-8(3-4-15-17-13)9(18)14-6-7(12)10(19)20/h2,7-8H,1,3-6,12H2,(H,14,18)(H,16,21)(H,19,20)/t7-,8?/m0/s1. The molecule has 0 bridgehead atoms. The van der Waals surface area contributed by atoms with E-state index in [2.05, 4.69) is 32.0 Å². The maximum Gasteiger partial charge on any atom is 0.408 e. The molecule has 5 N–H and O–H groups in total. The van der Waals surface area contributed by atoms with Crippen molar-refractivity contribution in [2.75, 3.05) is 19.7 Å². The Bertz CT molecular complexity index is 462. The van der Waals surface area contributed by atoms with Gasteiger partial charge in [-0.2, -0.15) is 0 Å². The van der Waals surface area contributed by atoms with Gasteiger partial charge in [0.2, 0.25) is 5.91 Å². The summed E-state index contributed by atoms with van der Waals surface area (Å²) in [6.45, 7) is 2.97. The second kappa shape index (κ2) is 10.9. The molecule has 0 aliphatic carbocycles. The van der Waals surface area contributed by atoms with E-state index in [0.717, 1.165) is 0 Å². The van der Waals surface area contributed by atoms with Crippen molar-refractivity contribution in [2.45, 2.75) is 18.5 Å². The summed E-state index contributed by atoms with van der Waals surface area (Å²) >= 11 is 0. The molecule has 1 unspecified atom stereocenters. The van der Waals surface area contributed by atoms with Crippen LogP contribution in [-0.2, 0) is 14.3 Å². The van der Waals surface area contributed by atoms with E-state index in [1.54, 1.807) is 0 Å². The highest BCUT2D eigenvalue weighted by atomic mass is 16.5. The lowest BCUT2D eigenvalue weighted by molar-refractivity contribution is -0.138. The normalized spacial score (nSPS) is 12.2. The molecule has 2 atom stereocenters. The number of ether oxygens (including phenoxy) is 1. The third-order valence-corrected chi connectivity index (χ3v) is 2.34. The van der Waals surface area contributed by atoms with Gasteiger partial charge >= 0.3 is 12.1 Å². The van der Waals surface area contributed by atoms with Crippen molar-refractivity contribution in [3.8, 4) is 0 Å². The first kappa shape index (κ1) is 19.2. The molecule has 11 nitrogen and oxygen atoms in total. The van der Waals surface area contributed by atoms with Crippen LogP contribution in [0.25, 0.3) is 10.4 Å². The number of rotatable bonds is 10. The van der Waals surface area contributed by atoms with Gasteiger partial charge in [-0.3, -0.25) is 9.59 Å². The van der Waals surface area contributed by atoms with Gasteiger partial charge < -0.3 is 26.2 Å². The number of aliphatic carboxylic acids is 1. The molecule has 0 aliphatic heterocycles. The molecule has 0 saturated carbocycles. The highest BCUT2D eigenvalue weighted by Crippen LogP contribution is 1.96. The largest absolute Gasteiger partial charge is 0.480 e. The molecule has 0 rings (SSSR count). The smallest absolute Gasteiger partial charge is 0.408 e. The first-order chi connectivity index (χ1) is 10.4. The van der Waals surface area contributed by atoms with E-state index in [4.69, 9.17) is 16.4 Å². The molecule has 0 aromatic carbocycles. The lowest BCUT2D eigenvalue weighted by Crippen LogP contribution is -2.51. The zero-order chi connectivity index (χ0) is 17.0. The molecule has 22 heavy (non-hydrogen) atoms. The van der Waals surface area contributed by atoms with Crippen molar-refractivity contribution >= 4 is 18.0 Å². The van der Waals surface area contributed by atoms with Gasteiger partial charge in [0, 0.05) is 18.0 Å². The number of azide groups is 1. The van der Waals surface area contributed by atoms with Crippen molar-refractivity contribution in [3.63, 3.8) is 0 Å². The van der Waals surface area contributed by atoms with Crippen LogP contribution in [0.3, 0.4) is 0 Å². The van der Waals surface area contributed by atoms with E-state index in [0.29, 0.717) is 0 Å². The van der Waals surface area contributed by atoms with E-state index >= 15 is 0 Å². The minimum absolute atomic E-state index is 0.0153. The quantitative estimate of drug-likeness (QED) is 0.182. The Morgan fingerprint density at radius 2 is 2.18 bits per heavy atom. The van der Waals surface area contributed by atoms with Crippen LogP contribution in [-0.4, -0.2) is 54.9 Å². The van der Waals surface area contributed by atoms with Crippen LogP contribution in [0.5, 0.6) is 0 Å². The molecule has 0 heterocycles. The Hall–Kier alpha value is -2.78. The number of hydrogen-bond donors (Lipinski definition) is 4. The molecular formula is C11H18N6O5. The predicted octanol–water partition coefficient (Wildman–Crippen LogP) is -0.504. The van der Waals surface area contributed by atoms with E-state index in [-0.39, 0.29) is 26.1 Å². The summed E-state index contributed by atoms with van der Waals surface area (Å²) < 4.78 is 4.67. The summed E-state index contributed by atoms with van der Waals surface area (Å²) in [4.78, 5) is 36.4. The molecule has 0 spiro atoms. The molecule has 0 fully saturated rings. The second-order valence-corrected chi connectivity index (χ2v) is 4.02. The summed E-state index contributed by atoms with van der Waals surface area (Å²) in [7, 11) is 0. The van der Waals surface area contributed by atoms with Crippen molar-refractivity contribution in [1.82, 2.24) is 10.6 Å². The maximum absolute atomic E-state index is 11.9. The Morgan fingerprint density at radius 3 is 2.73 bits per heavy atom. The summed E-state index contributed by atoms with van der Waals surface area (Å²) in [5.74, 6) is -1.94. The van der Waals surface area contributed by atoms with Gasteiger partial charge in [-0.05, 0) is 12.0 Å². The van der Waals surface area contributed by atoms with Crippen LogP contribution in [0.1, 0.15) is 6.42 Å².